The maximum Gasteiger partial charge on any atom is 0.338 e. The number of carbonyl (C=O) groups excluding carboxylic acids is 3. The first-order valence-corrected chi connectivity index (χ1v) is 9.40. The number of esters is 2. The van der Waals surface area contributed by atoms with Crippen LogP contribution in [-0.2, 0) is 20.8 Å². The molecule has 0 aliphatic carbocycles. The van der Waals surface area contributed by atoms with Crippen LogP contribution in [0.25, 0.3) is 11.4 Å². The summed E-state index contributed by atoms with van der Waals surface area (Å²) in [5, 5.41) is 17.4. The summed E-state index contributed by atoms with van der Waals surface area (Å²) >= 11 is 0. The summed E-state index contributed by atoms with van der Waals surface area (Å²) in [4.78, 5) is 37.2. The van der Waals surface area contributed by atoms with Gasteiger partial charge in [0.1, 0.15) is 6.54 Å². The Morgan fingerprint density at radius 1 is 1.27 bits per heavy atom. The van der Waals surface area contributed by atoms with E-state index in [1.165, 1.54) is 4.80 Å². The van der Waals surface area contributed by atoms with Crippen molar-refractivity contribution in [2.24, 2.45) is 0 Å². The maximum atomic E-state index is 12.1. The van der Waals surface area contributed by atoms with Crippen molar-refractivity contribution in [2.45, 2.75) is 33.4 Å². The Kier molecular flexibility index (Phi) is 6.40. The van der Waals surface area contributed by atoms with Gasteiger partial charge in [0.25, 0.3) is 0 Å². The topological polar surface area (TPSA) is 137 Å². The van der Waals surface area contributed by atoms with Crippen molar-refractivity contribution in [1.29, 1.82) is 0 Å². The van der Waals surface area contributed by atoms with Gasteiger partial charge in [-0.05, 0) is 38.1 Å². The molecule has 0 saturated carbocycles. The molecular weight excluding hydrogens is 392 g/mol. The van der Waals surface area contributed by atoms with E-state index < -0.39 is 18.0 Å². The molecular formula is C19H22N6O5. The fourth-order valence-electron chi connectivity index (χ4n) is 2.72. The van der Waals surface area contributed by atoms with Crippen molar-refractivity contribution in [3.05, 3.63) is 41.1 Å². The van der Waals surface area contributed by atoms with E-state index in [4.69, 9.17) is 9.47 Å². The zero-order valence-electron chi connectivity index (χ0n) is 16.8. The molecule has 0 saturated heterocycles. The lowest BCUT2D eigenvalue weighted by atomic mass is 10.1. The van der Waals surface area contributed by atoms with E-state index in [2.05, 4.69) is 26.0 Å². The van der Waals surface area contributed by atoms with Gasteiger partial charge in [-0.2, -0.15) is 4.80 Å². The number of aromatic nitrogens is 4. The summed E-state index contributed by atoms with van der Waals surface area (Å²) in [6.07, 6.45) is -0.234. The third-order valence-electron chi connectivity index (χ3n) is 4.03. The average molecular weight is 414 g/mol. The van der Waals surface area contributed by atoms with E-state index in [1.54, 1.807) is 45.0 Å². The highest BCUT2D eigenvalue weighted by Crippen LogP contribution is 2.17. The second kappa shape index (κ2) is 9.16. The van der Waals surface area contributed by atoms with E-state index in [0.29, 0.717) is 16.8 Å². The molecule has 1 aromatic heterocycles. The molecule has 1 aromatic carbocycles. The van der Waals surface area contributed by atoms with Crippen LogP contribution in [0, 0.1) is 0 Å². The predicted molar refractivity (Wildman–Crippen MR) is 104 cm³/mol. The Morgan fingerprint density at radius 2 is 2.07 bits per heavy atom. The smallest absolute Gasteiger partial charge is 0.338 e. The van der Waals surface area contributed by atoms with Gasteiger partial charge in [-0.3, -0.25) is 0 Å². The number of rotatable bonds is 7. The van der Waals surface area contributed by atoms with Crippen LogP contribution in [0.3, 0.4) is 0 Å². The molecule has 0 fully saturated rings. The molecule has 30 heavy (non-hydrogen) atoms. The van der Waals surface area contributed by atoms with E-state index >= 15 is 0 Å². The number of carbonyl (C=O) groups is 3. The zero-order chi connectivity index (χ0) is 21.7. The quantitative estimate of drug-likeness (QED) is 0.641. The molecule has 0 radical (unpaired) electrons. The van der Waals surface area contributed by atoms with Gasteiger partial charge >= 0.3 is 18.0 Å². The largest absolute Gasteiger partial charge is 0.463 e. The van der Waals surface area contributed by atoms with Crippen molar-refractivity contribution in [3.8, 4) is 11.4 Å². The van der Waals surface area contributed by atoms with Crippen molar-refractivity contribution in [2.75, 3.05) is 13.2 Å². The number of nitrogens with zero attached hydrogens (tertiary/aromatic N) is 4. The molecule has 0 atom stereocenters. The average Bonchev–Trinajstić information content (AvgIpc) is 3.16. The Labute approximate surface area is 172 Å². The molecule has 2 N–H and O–H groups in total. The van der Waals surface area contributed by atoms with Gasteiger partial charge in [-0.15, -0.1) is 10.2 Å². The minimum absolute atomic E-state index is 0.0175. The lowest BCUT2D eigenvalue weighted by Gasteiger charge is -2.20. The Hall–Kier alpha value is -3.76. The lowest BCUT2D eigenvalue weighted by Crippen LogP contribution is -2.45. The second-order valence-corrected chi connectivity index (χ2v) is 6.66. The van der Waals surface area contributed by atoms with Crippen molar-refractivity contribution in [1.82, 2.24) is 30.8 Å². The summed E-state index contributed by atoms with van der Waals surface area (Å²) in [5.74, 6) is -0.689. The van der Waals surface area contributed by atoms with Crippen LogP contribution in [0.2, 0.25) is 0 Å². The number of urea groups is 1. The number of allylic oxidation sites excluding steroid dienone is 1. The zero-order valence-corrected chi connectivity index (χ0v) is 16.8. The number of ether oxygens (including phenoxy) is 2. The predicted octanol–water partition coefficient (Wildman–Crippen LogP) is 1.04. The summed E-state index contributed by atoms with van der Waals surface area (Å²) in [6.45, 7) is 5.51. The molecule has 1 aliphatic rings. The standard InChI is InChI=1S/C19H22N6O5/c1-4-29-18(27)14-9-20-19(28)21-15(14)10-25-23-16(22-24-25)12-6-5-7-13(8-12)17(26)30-11(2)3/h5-8,11H,4,9-10H2,1-3H3,(H2,20,21,28). The minimum atomic E-state index is -0.531. The molecule has 2 heterocycles. The van der Waals surface area contributed by atoms with E-state index in [-0.39, 0.29) is 37.2 Å². The molecule has 2 aromatic rings. The maximum absolute atomic E-state index is 12.1. The SMILES string of the molecule is CCOC(=O)C1=C(Cn2nnc(-c3cccc(C(=O)OC(C)C)c3)n2)NC(=O)NC1. The molecule has 0 spiro atoms. The minimum Gasteiger partial charge on any atom is -0.463 e. The van der Waals surface area contributed by atoms with Gasteiger partial charge in [0.15, 0.2) is 0 Å². The fraction of sp³-hybridized carbons (Fsp3) is 0.368. The molecule has 3 rings (SSSR count). The van der Waals surface area contributed by atoms with Crippen LogP contribution in [-0.4, -0.2) is 57.4 Å². The van der Waals surface area contributed by atoms with E-state index in [9.17, 15) is 14.4 Å². The Bertz CT molecular complexity index is 997. The number of benzene rings is 1. The summed E-state index contributed by atoms with van der Waals surface area (Å²) in [7, 11) is 0. The fourth-order valence-corrected chi connectivity index (χ4v) is 2.72. The van der Waals surface area contributed by atoms with Crippen LogP contribution in [0.4, 0.5) is 4.79 Å². The van der Waals surface area contributed by atoms with Gasteiger partial charge in [0, 0.05) is 5.56 Å². The molecule has 158 valence electrons. The summed E-state index contributed by atoms with van der Waals surface area (Å²) in [6, 6.07) is 6.25. The van der Waals surface area contributed by atoms with Gasteiger partial charge < -0.3 is 20.1 Å². The van der Waals surface area contributed by atoms with Gasteiger partial charge in [0.2, 0.25) is 5.82 Å². The van der Waals surface area contributed by atoms with Crippen molar-refractivity contribution >= 4 is 18.0 Å². The highest BCUT2D eigenvalue weighted by Gasteiger charge is 2.24. The summed E-state index contributed by atoms with van der Waals surface area (Å²) in [5.41, 5.74) is 1.56. The summed E-state index contributed by atoms with van der Waals surface area (Å²) < 4.78 is 10.2. The van der Waals surface area contributed by atoms with Gasteiger partial charge in [0.05, 0.1) is 36.1 Å². The molecule has 11 nitrogen and oxygen atoms in total. The number of hydrogen-bond donors (Lipinski definition) is 2. The monoisotopic (exact) mass is 414 g/mol. The highest BCUT2D eigenvalue weighted by atomic mass is 16.5. The number of hydrogen-bond acceptors (Lipinski definition) is 8. The number of amides is 2. The first-order chi connectivity index (χ1) is 14.4. The Balaban J connectivity index is 1.81. The van der Waals surface area contributed by atoms with E-state index in [1.807, 2.05) is 0 Å². The molecule has 11 heteroatoms. The van der Waals surface area contributed by atoms with Crippen LogP contribution in [0.1, 0.15) is 31.1 Å². The Morgan fingerprint density at radius 3 is 2.80 bits per heavy atom. The van der Waals surface area contributed by atoms with Crippen LogP contribution < -0.4 is 10.6 Å². The van der Waals surface area contributed by atoms with E-state index in [0.717, 1.165) is 0 Å². The first kappa shape index (κ1) is 21.0. The second-order valence-electron chi connectivity index (χ2n) is 6.66. The third-order valence-corrected chi connectivity index (χ3v) is 4.03. The number of nitrogens with one attached hydrogen (secondary N) is 2. The lowest BCUT2D eigenvalue weighted by molar-refractivity contribution is -0.138. The van der Waals surface area contributed by atoms with Crippen molar-refractivity contribution in [3.63, 3.8) is 0 Å². The van der Waals surface area contributed by atoms with Crippen LogP contribution in [0.5, 0.6) is 0 Å². The van der Waals surface area contributed by atoms with Crippen LogP contribution in [0.15, 0.2) is 35.5 Å². The normalized spacial score (nSPS) is 13.7. The highest BCUT2D eigenvalue weighted by molar-refractivity contribution is 5.93. The molecule has 1 aliphatic heterocycles. The number of tetrazole rings is 1. The van der Waals surface area contributed by atoms with Crippen molar-refractivity contribution < 1.29 is 23.9 Å². The molecule has 0 unspecified atom stereocenters. The molecule has 0 bridgehead atoms. The van der Waals surface area contributed by atoms with Crippen LogP contribution >= 0.6 is 0 Å². The van der Waals surface area contributed by atoms with Gasteiger partial charge in [-0.1, -0.05) is 12.1 Å². The molecule has 2 amide bonds. The first-order valence-electron chi connectivity index (χ1n) is 9.40. The third kappa shape index (κ3) is 4.99. The van der Waals surface area contributed by atoms with Gasteiger partial charge in [-0.25, -0.2) is 14.4 Å².